The number of carbonyl (C=O) groups excluding carboxylic acids is 1. The second kappa shape index (κ2) is 7.35. The van der Waals surface area contributed by atoms with Crippen LogP contribution in [0.15, 0.2) is 48.5 Å². The summed E-state index contributed by atoms with van der Waals surface area (Å²) in [4.78, 5) is 16.0. The zero-order valence-corrected chi connectivity index (χ0v) is 14.0. The molecule has 0 aromatic heterocycles. The van der Waals surface area contributed by atoms with Crippen molar-refractivity contribution in [2.75, 3.05) is 31.1 Å². The number of hydrogen-bond acceptors (Lipinski definition) is 2. The quantitative estimate of drug-likeness (QED) is 0.773. The Balaban J connectivity index is 1.55. The van der Waals surface area contributed by atoms with Gasteiger partial charge in [-0.3, -0.25) is 4.79 Å². The molecule has 1 aliphatic heterocycles. The van der Waals surface area contributed by atoms with Gasteiger partial charge in [-0.05, 0) is 42.0 Å². The Hall–Kier alpha value is -2.57. The van der Waals surface area contributed by atoms with Gasteiger partial charge in [-0.25, -0.2) is 4.39 Å². The summed E-state index contributed by atoms with van der Waals surface area (Å²) in [5, 5.41) is 0. The second-order valence-corrected chi connectivity index (χ2v) is 6.22. The van der Waals surface area contributed by atoms with Gasteiger partial charge < -0.3 is 9.80 Å². The lowest BCUT2D eigenvalue weighted by atomic mass is 10.1. The van der Waals surface area contributed by atoms with Gasteiger partial charge in [0, 0.05) is 31.9 Å². The Morgan fingerprint density at radius 3 is 2.00 bits per heavy atom. The molecule has 3 rings (SSSR count). The first kappa shape index (κ1) is 18.2. The molecule has 3 nitrogen and oxygen atoms in total. The summed E-state index contributed by atoms with van der Waals surface area (Å²) in [5.41, 5.74) is 0.791. The van der Waals surface area contributed by atoms with E-state index in [1.165, 1.54) is 24.3 Å². The van der Waals surface area contributed by atoms with Gasteiger partial charge in [0.25, 0.3) is 0 Å². The standard InChI is InChI=1S/C19H18F4N2O/c20-16-5-1-14(2-6-16)13-18(26)25-11-9-24(10-12-25)17-7-3-15(4-8-17)19(21,22)23/h1-8H,9-13H2. The summed E-state index contributed by atoms with van der Waals surface area (Å²) in [6, 6.07) is 10.9. The topological polar surface area (TPSA) is 23.6 Å². The average Bonchev–Trinajstić information content (AvgIpc) is 2.63. The van der Waals surface area contributed by atoms with E-state index in [0.29, 0.717) is 31.9 Å². The molecule has 1 heterocycles. The largest absolute Gasteiger partial charge is 0.416 e. The maximum absolute atomic E-state index is 12.9. The molecule has 0 unspecified atom stereocenters. The van der Waals surface area contributed by atoms with Gasteiger partial charge in [0.1, 0.15) is 5.82 Å². The molecule has 7 heteroatoms. The number of hydrogen-bond donors (Lipinski definition) is 0. The summed E-state index contributed by atoms with van der Waals surface area (Å²) >= 11 is 0. The van der Waals surface area contributed by atoms with Gasteiger partial charge >= 0.3 is 6.18 Å². The van der Waals surface area contributed by atoms with E-state index in [1.807, 2.05) is 4.90 Å². The van der Waals surface area contributed by atoms with Crippen LogP contribution in [-0.2, 0) is 17.4 Å². The van der Waals surface area contributed by atoms with E-state index in [4.69, 9.17) is 0 Å². The molecule has 0 spiro atoms. The number of halogens is 4. The lowest BCUT2D eigenvalue weighted by molar-refractivity contribution is -0.137. The summed E-state index contributed by atoms with van der Waals surface area (Å²) in [5.74, 6) is -0.380. The van der Waals surface area contributed by atoms with Gasteiger partial charge in [0.05, 0.1) is 12.0 Å². The summed E-state index contributed by atoms with van der Waals surface area (Å²) in [6.45, 7) is 2.11. The molecule has 0 bridgehead atoms. The van der Waals surface area contributed by atoms with E-state index >= 15 is 0 Å². The molecule has 0 atom stereocenters. The highest BCUT2D eigenvalue weighted by Crippen LogP contribution is 2.30. The number of anilines is 1. The van der Waals surface area contributed by atoms with Crippen molar-refractivity contribution in [3.05, 3.63) is 65.5 Å². The van der Waals surface area contributed by atoms with E-state index in [-0.39, 0.29) is 18.1 Å². The maximum atomic E-state index is 12.9. The maximum Gasteiger partial charge on any atom is 0.416 e. The zero-order chi connectivity index (χ0) is 18.7. The van der Waals surface area contributed by atoms with E-state index in [2.05, 4.69) is 0 Å². The molecule has 2 aromatic rings. The molecular weight excluding hydrogens is 348 g/mol. The lowest BCUT2D eigenvalue weighted by Crippen LogP contribution is -2.49. The number of benzene rings is 2. The van der Waals surface area contributed by atoms with E-state index in [0.717, 1.165) is 17.7 Å². The summed E-state index contributed by atoms with van der Waals surface area (Å²) in [7, 11) is 0. The van der Waals surface area contributed by atoms with Crippen molar-refractivity contribution in [3.63, 3.8) is 0 Å². The van der Waals surface area contributed by atoms with Gasteiger partial charge in [0.2, 0.25) is 5.91 Å². The molecule has 0 aliphatic carbocycles. The number of piperazine rings is 1. The van der Waals surface area contributed by atoms with Crippen LogP contribution in [0.25, 0.3) is 0 Å². The summed E-state index contributed by atoms with van der Waals surface area (Å²) < 4.78 is 50.8. The second-order valence-electron chi connectivity index (χ2n) is 6.22. The van der Waals surface area contributed by atoms with Crippen molar-refractivity contribution in [3.8, 4) is 0 Å². The van der Waals surface area contributed by atoms with Crippen molar-refractivity contribution >= 4 is 11.6 Å². The monoisotopic (exact) mass is 366 g/mol. The van der Waals surface area contributed by atoms with Crippen LogP contribution in [0.2, 0.25) is 0 Å². The Morgan fingerprint density at radius 1 is 0.885 bits per heavy atom. The highest BCUT2D eigenvalue weighted by Gasteiger charge is 2.30. The molecule has 1 amide bonds. The first-order valence-corrected chi connectivity index (χ1v) is 8.27. The third-order valence-electron chi connectivity index (χ3n) is 4.46. The number of amides is 1. The predicted octanol–water partition coefficient (Wildman–Crippen LogP) is 3.74. The van der Waals surface area contributed by atoms with Crippen LogP contribution in [0.1, 0.15) is 11.1 Å². The van der Waals surface area contributed by atoms with Crippen LogP contribution in [-0.4, -0.2) is 37.0 Å². The van der Waals surface area contributed by atoms with Gasteiger partial charge in [-0.2, -0.15) is 13.2 Å². The number of nitrogens with zero attached hydrogens (tertiary/aromatic N) is 2. The molecule has 2 aromatic carbocycles. The van der Waals surface area contributed by atoms with Crippen molar-refractivity contribution in [2.45, 2.75) is 12.6 Å². The predicted molar refractivity (Wildman–Crippen MR) is 90.3 cm³/mol. The summed E-state index contributed by atoms with van der Waals surface area (Å²) in [6.07, 6.45) is -4.13. The normalized spacial score (nSPS) is 15.2. The lowest BCUT2D eigenvalue weighted by Gasteiger charge is -2.36. The van der Waals surface area contributed by atoms with Gasteiger partial charge in [-0.1, -0.05) is 12.1 Å². The SMILES string of the molecule is O=C(Cc1ccc(F)cc1)N1CCN(c2ccc(C(F)(F)F)cc2)CC1. The first-order valence-electron chi connectivity index (χ1n) is 8.27. The number of carbonyl (C=O) groups is 1. The molecule has 1 aliphatic rings. The molecule has 1 saturated heterocycles. The van der Waals surface area contributed by atoms with Crippen molar-refractivity contribution in [1.82, 2.24) is 4.90 Å². The van der Waals surface area contributed by atoms with Crippen molar-refractivity contribution in [2.24, 2.45) is 0 Å². The number of alkyl halides is 3. The third kappa shape index (κ3) is 4.33. The molecule has 1 fully saturated rings. The number of rotatable bonds is 3. The Bertz CT molecular complexity index is 749. The fraction of sp³-hybridized carbons (Fsp3) is 0.316. The van der Waals surface area contributed by atoms with Crippen LogP contribution in [0.4, 0.5) is 23.2 Å². The molecule has 138 valence electrons. The molecule has 0 radical (unpaired) electrons. The van der Waals surface area contributed by atoms with Gasteiger partial charge in [0.15, 0.2) is 0 Å². The minimum Gasteiger partial charge on any atom is -0.368 e. The van der Waals surface area contributed by atoms with Crippen LogP contribution in [0, 0.1) is 5.82 Å². The molecular formula is C19H18F4N2O. The van der Waals surface area contributed by atoms with Crippen molar-refractivity contribution < 1.29 is 22.4 Å². The fourth-order valence-corrected chi connectivity index (χ4v) is 2.96. The zero-order valence-electron chi connectivity index (χ0n) is 14.0. The minimum absolute atomic E-state index is 0.0383. The van der Waals surface area contributed by atoms with Crippen molar-refractivity contribution in [1.29, 1.82) is 0 Å². The van der Waals surface area contributed by atoms with Crippen LogP contribution in [0.3, 0.4) is 0 Å². The minimum atomic E-state index is -4.34. The van der Waals surface area contributed by atoms with Crippen LogP contribution in [0.5, 0.6) is 0 Å². The smallest absolute Gasteiger partial charge is 0.368 e. The average molecular weight is 366 g/mol. The third-order valence-corrected chi connectivity index (χ3v) is 4.46. The Morgan fingerprint density at radius 2 is 1.46 bits per heavy atom. The van der Waals surface area contributed by atoms with Crippen LogP contribution < -0.4 is 4.90 Å². The van der Waals surface area contributed by atoms with Gasteiger partial charge in [-0.15, -0.1) is 0 Å². The first-order chi connectivity index (χ1) is 12.3. The Kier molecular flexibility index (Phi) is 5.15. The highest BCUT2D eigenvalue weighted by molar-refractivity contribution is 5.79. The Labute approximate surface area is 148 Å². The van der Waals surface area contributed by atoms with Crippen LogP contribution >= 0.6 is 0 Å². The van der Waals surface area contributed by atoms with E-state index in [1.54, 1.807) is 17.0 Å². The highest BCUT2D eigenvalue weighted by atomic mass is 19.4. The molecule has 0 saturated carbocycles. The fourth-order valence-electron chi connectivity index (χ4n) is 2.96. The molecule has 0 N–H and O–H groups in total. The van der Waals surface area contributed by atoms with E-state index < -0.39 is 11.7 Å². The molecule has 26 heavy (non-hydrogen) atoms. The van der Waals surface area contributed by atoms with E-state index in [9.17, 15) is 22.4 Å².